The molecule has 8 fully saturated rings. The van der Waals surface area contributed by atoms with E-state index in [9.17, 15) is 0 Å². The van der Waals surface area contributed by atoms with Crippen LogP contribution >= 0.6 is 0 Å². The first-order valence-electron chi connectivity index (χ1n) is 21.3. The highest BCUT2D eigenvalue weighted by Gasteiger charge is 2.56. The van der Waals surface area contributed by atoms with Crippen molar-refractivity contribution in [2.24, 2.45) is 88.8 Å². The van der Waals surface area contributed by atoms with Crippen molar-refractivity contribution >= 4 is 0 Å². The normalized spacial score (nSPS) is 52.1. The number of nitrogens with one attached hydrogen (secondary N) is 1. The van der Waals surface area contributed by atoms with E-state index in [2.05, 4.69) is 19.3 Å². The Morgan fingerprint density at radius 1 is 0.364 bits per heavy atom. The summed E-state index contributed by atoms with van der Waals surface area (Å²) in [5.74, 6) is 16.3. The summed E-state index contributed by atoms with van der Waals surface area (Å²) in [6, 6.07) is 0.711. The van der Waals surface area contributed by atoms with E-state index in [0.29, 0.717) is 6.04 Å². The van der Waals surface area contributed by atoms with Crippen molar-refractivity contribution in [2.45, 2.75) is 173 Å². The number of hydrogen-bond acceptors (Lipinski definition) is 1. The standard InChI is InChI=1S/C43H73N/c1-28(44-2)33-23-24-40-41(27-33)42(32-19-15-31(16-20-32)36-21-17-29-9-3-5-11-34(29)25-36)38-13-7-8-14-39(38)43(40)37-22-18-30-10-4-6-12-35(30)26-37/h28-44H,3-27H2,1-2H3. The van der Waals surface area contributed by atoms with Gasteiger partial charge in [-0.25, -0.2) is 0 Å². The molecule has 0 heterocycles. The zero-order valence-corrected chi connectivity index (χ0v) is 29.4. The first kappa shape index (κ1) is 31.2. The Morgan fingerprint density at radius 3 is 1.39 bits per heavy atom. The van der Waals surface area contributed by atoms with Crippen LogP contribution in [0.2, 0.25) is 0 Å². The highest BCUT2D eigenvalue weighted by molar-refractivity contribution is 5.06. The fourth-order valence-corrected chi connectivity index (χ4v) is 15.6. The zero-order valence-electron chi connectivity index (χ0n) is 29.4. The van der Waals surface area contributed by atoms with Gasteiger partial charge >= 0.3 is 0 Å². The SMILES string of the molecule is CNC(C)C1CCC2C(C1)C(C1CCC(C3CCC4CCCCC4C3)CC1)C1CCCCC1C2C1CCC2CCCCC2C1. The monoisotopic (exact) mass is 604 g/mol. The summed E-state index contributed by atoms with van der Waals surface area (Å²) in [5, 5.41) is 3.75. The summed E-state index contributed by atoms with van der Waals surface area (Å²) in [5.41, 5.74) is 0. The van der Waals surface area contributed by atoms with Gasteiger partial charge in [-0.2, -0.15) is 0 Å². The molecule has 0 bridgehead atoms. The summed E-state index contributed by atoms with van der Waals surface area (Å²) in [4.78, 5) is 0. The van der Waals surface area contributed by atoms with E-state index in [1.165, 1.54) is 6.42 Å². The lowest BCUT2D eigenvalue weighted by molar-refractivity contribution is -0.128. The van der Waals surface area contributed by atoms with Crippen LogP contribution in [0.4, 0.5) is 0 Å². The van der Waals surface area contributed by atoms with Crippen molar-refractivity contribution in [2.75, 3.05) is 7.05 Å². The van der Waals surface area contributed by atoms with Crippen molar-refractivity contribution in [3.63, 3.8) is 0 Å². The maximum atomic E-state index is 3.75. The van der Waals surface area contributed by atoms with E-state index < -0.39 is 0 Å². The molecule has 8 saturated carbocycles. The summed E-state index contributed by atoms with van der Waals surface area (Å²) in [6.45, 7) is 2.53. The molecule has 14 atom stereocenters. The lowest BCUT2D eigenvalue weighted by atomic mass is 9.43. The van der Waals surface area contributed by atoms with Crippen LogP contribution in [0.25, 0.3) is 0 Å². The van der Waals surface area contributed by atoms with Crippen LogP contribution in [0.3, 0.4) is 0 Å². The molecular weight excluding hydrogens is 530 g/mol. The summed E-state index contributed by atoms with van der Waals surface area (Å²) in [6.07, 6.45) is 39.8. The minimum atomic E-state index is 0.711. The van der Waals surface area contributed by atoms with Crippen LogP contribution in [-0.2, 0) is 0 Å². The number of fused-ring (bicyclic) bond motifs is 4. The average molecular weight is 604 g/mol. The maximum Gasteiger partial charge on any atom is 0.00641 e. The molecule has 0 saturated heterocycles. The second-order valence-corrected chi connectivity index (χ2v) is 19.2. The molecule has 8 aliphatic carbocycles. The summed E-state index contributed by atoms with van der Waals surface area (Å²) in [7, 11) is 2.25. The Hall–Kier alpha value is -0.0400. The molecule has 0 aromatic heterocycles. The van der Waals surface area contributed by atoms with Gasteiger partial charge in [0.2, 0.25) is 0 Å². The van der Waals surface area contributed by atoms with E-state index in [4.69, 9.17) is 0 Å². The van der Waals surface area contributed by atoms with E-state index in [-0.39, 0.29) is 0 Å². The van der Waals surface area contributed by atoms with Crippen LogP contribution < -0.4 is 5.32 Å². The summed E-state index contributed by atoms with van der Waals surface area (Å²) >= 11 is 0. The smallest absolute Gasteiger partial charge is 0.00641 e. The quantitative estimate of drug-likeness (QED) is 0.329. The van der Waals surface area contributed by atoms with E-state index in [0.717, 1.165) is 88.8 Å². The highest BCUT2D eigenvalue weighted by atomic mass is 14.9. The molecule has 0 aromatic rings. The molecule has 1 heteroatoms. The van der Waals surface area contributed by atoms with E-state index in [1.807, 2.05) is 0 Å². The molecule has 0 aliphatic heterocycles. The second-order valence-electron chi connectivity index (χ2n) is 19.2. The summed E-state index contributed by atoms with van der Waals surface area (Å²) < 4.78 is 0. The maximum absolute atomic E-state index is 3.75. The molecule has 0 radical (unpaired) electrons. The van der Waals surface area contributed by atoms with Gasteiger partial charge in [-0.1, -0.05) is 64.2 Å². The molecule has 0 aromatic carbocycles. The van der Waals surface area contributed by atoms with Gasteiger partial charge in [0.05, 0.1) is 0 Å². The van der Waals surface area contributed by atoms with Gasteiger partial charge in [0.15, 0.2) is 0 Å². The lowest BCUT2D eigenvalue weighted by Gasteiger charge is -2.62. The van der Waals surface area contributed by atoms with E-state index >= 15 is 0 Å². The Bertz CT molecular complexity index is 918. The fourth-order valence-electron chi connectivity index (χ4n) is 15.6. The van der Waals surface area contributed by atoms with Crippen LogP contribution in [0.5, 0.6) is 0 Å². The Labute approximate surface area is 274 Å². The van der Waals surface area contributed by atoms with E-state index in [1.54, 1.807) is 154 Å². The van der Waals surface area contributed by atoms with Crippen molar-refractivity contribution in [3.8, 4) is 0 Å². The van der Waals surface area contributed by atoms with Crippen LogP contribution in [0.15, 0.2) is 0 Å². The molecule has 14 unspecified atom stereocenters. The third-order valence-corrected chi connectivity index (χ3v) is 17.7. The van der Waals surface area contributed by atoms with Gasteiger partial charge in [-0.3, -0.25) is 0 Å². The van der Waals surface area contributed by atoms with Crippen molar-refractivity contribution in [1.29, 1.82) is 0 Å². The first-order chi connectivity index (χ1) is 21.7. The molecule has 1 N–H and O–H groups in total. The Kier molecular flexibility index (Phi) is 9.82. The molecule has 250 valence electrons. The first-order valence-corrected chi connectivity index (χ1v) is 21.3. The minimum Gasteiger partial charge on any atom is -0.317 e. The van der Waals surface area contributed by atoms with Gasteiger partial charge in [0.25, 0.3) is 0 Å². The van der Waals surface area contributed by atoms with Crippen molar-refractivity contribution in [3.05, 3.63) is 0 Å². The third-order valence-electron chi connectivity index (χ3n) is 17.7. The fraction of sp³-hybridized carbons (Fsp3) is 1.00. The van der Waals surface area contributed by atoms with Gasteiger partial charge in [-0.05, 0) is 199 Å². The van der Waals surface area contributed by atoms with Crippen molar-refractivity contribution in [1.82, 2.24) is 5.32 Å². The average Bonchev–Trinajstić information content (AvgIpc) is 3.09. The largest absolute Gasteiger partial charge is 0.317 e. The topological polar surface area (TPSA) is 12.0 Å². The van der Waals surface area contributed by atoms with Gasteiger partial charge in [-0.15, -0.1) is 0 Å². The number of rotatable bonds is 5. The minimum absolute atomic E-state index is 0.711. The highest BCUT2D eigenvalue weighted by Crippen LogP contribution is 2.64. The molecular formula is C43H73N. The lowest BCUT2D eigenvalue weighted by Crippen LogP contribution is -2.55. The van der Waals surface area contributed by atoms with Crippen LogP contribution in [0, 0.1) is 88.8 Å². The molecule has 0 amide bonds. The van der Waals surface area contributed by atoms with Gasteiger partial charge < -0.3 is 5.32 Å². The molecule has 1 nitrogen and oxygen atoms in total. The molecule has 8 rings (SSSR count). The molecule has 44 heavy (non-hydrogen) atoms. The Morgan fingerprint density at radius 2 is 0.773 bits per heavy atom. The molecule has 0 spiro atoms. The molecule has 8 aliphatic rings. The zero-order chi connectivity index (χ0) is 29.6. The predicted octanol–water partition coefficient (Wildman–Crippen LogP) is 11.7. The van der Waals surface area contributed by atoms with Gasteiger partial charge in [0.1, 0.15) is 0 Å². The van der Waals surface area contributed by atoms with Crippen LogP contribution in [-0.4, -0.2) is 13.1 Å². The number of hydrogen-bond donors (Lipinski definition) is 1. The van der Waals surface area contributed by atoms with Crippen molar-refractivity contribution < 1.29 is 0 Å². The Balaban J connectivity index is 1.01. The second kappa shape index (κ2) is 13.8. The third kappa shape index (κ3) is 6.04. The van der Waals surface area contributed by atoms with Gasteiger partial charge in [0, 0.05) is 6.04 Å². The predicted molar refractivity (Wildman–Crippen MR) is 186 cm³/mol. The van der Waals surface area contributed by atoms with Crippen LogP contribution in [0.1, 0.15) is 167 Å².